The van der Waals surface area contributed by atoms with Crippen LogP contribution in [0, 0.1) is 6.07 Å². The summed E-state index contributed by atoms with van der Waals surface area (Å²) in [7, 11) is 1.67. The summed E-state index contributed by atoms with van der Waals surface area (Å²) in [5.41, 5.74) is 0. The van der Waals surface area contributed by atoms with E-state index in [1.54, 1.807) is 7.11 Å². The SMILES string of the molecule is CO[C@H](C)COc1c[c-]ccc1.[Br-].[Mg+2]. The van der Waals surface area contributed by atoms with Gasteiger partial charge in [-0.05, 0) is 6.92 Å². The fraction of sp³-hybridized carbons (Fsp3) is 0.400. The van der Waals surface area contributed by atoms with Crippen LogP contribution in [0.2, 0.25) is 0 Å². The second-order valence-corrected chi connectivity index (χ2v) is 2.60. The van der Waals surface area contributed by atoms with Gasteiger partial charge in [0.05, 0.1) is 12.7 Å². The molecule has 1 rings (SSSR count). The molecule has 4 heteroatoms. The van der Waals surface area contributed by atoms with Gasteiger partial charge in [-0.3, -0.25) is 0 Å². The molecular weight excluding hydrogens is 256 g/mol. The van der Waals surface area contributed by atoms with Crippen molar-refractivity contribution < 1.29 is 26.5 Å². The van der Waals surface area contributed by atoms with E-state index in [1.807, 2.05) is 31.2 Å². The van der Waals surface area contributed by atoms with Gasteiger partial charge in [-0.15, -0.1) is 12.1 Å². The third-order valence-corrected chi connectivity index (χ3v) is 1.57. The maximum absolute atomic E-state index is 5.40. The quantitative estimate of drug-likeness (QED) is 0.490. The van der Waals surface area contributed by atoms with Crippen molar-refractivity contribution in [2.45, 2.75) is 13.0 Å². The molecule has 2 nitrogen and oxygen atoms in total. The van der Waals surface area contributed by atoms with Gasteiger partial charge in [0.15, 0.2) is 0 Å². The van der Waals surface area contributed by atoms with Crippen molar-refractivity contribution >= 4 is 23.1 Å². The van der Waals surface area contributed by atoms with Gasteiger partial charge in [0, 0.05) is 12.9 Å². The third-order valence-electron chi connectivity index (χ3n) is 1.57. The first-order valence-electron chi connectivity index (χ1n) is 3.94. The Morgan fingerprint density at radius 1 is 1.50 bits per heavy atom. The van der Waals surface area contributed by atoms with E-state index in [4.69, 9.17) is 9.47 Å². The van der Waals surface area contributed by atoms with Crippen molar-refractivity contribution in [3.8, 4) is 5.75 Å². The van der Waals surface area contributed by atoms with Crippen LogP contribution in [0.1, 0.15) is 6.92 Å². The van der Waals surface area contributed by atoms with Gasteiger partial charge in [0.2, 0.25) is 0 Å². The second-order valence-electron chi connectivity index (χ2n) is 2.60. The molecule has 0 aliphatic rings. The monoisotopic (exact) mass is 268 g/mol. The van der Waals surface area contributed by atoms with E-state index in [0.29, 0.717) is 6.61 Å². The Bertz CT molecular complexity index is 219. The molecule has 1 atom stereocenters. The molecule has 0 saturated carbocycles. The van der Waals surface area contributed by atoms with Crippen LogP contribution < -0.4 is 21.7 Å². The van der Waals surface area contributed by atoms with Crippen molar-refractivity contribution in [1.29, 1.82) is 0 Å². The molecule has 0 bridgehead atoms. The summed E-state index contributed by atoms with van der Waals surface area (Å²) in [5, 5.41) is 0. The first kappa shape index (κ1) is 16.6. The number of rotatable bonds is 4. The maximum Gasteiger partial charge on any atom is 2.00 e. The average Bonchev–Trinajstić information content (AvgIpc) is 2.16. The van der Waals surface area contributed by atoms with Crippen LogP contribution >= 0.6 is 0 Å². The van der Waals surface area contributed by atoms with Crippen LogP contribution in [0.3, 0.4) is 0 Å². The Hall–Kier alpha value is 0.226. The molecule has 0 spiro atoms. The minimum atomic E-state index is 0. The number of hydrogen-bond donors (Lipinski definition) is 0. The Kier molecular flexibility index (Phi) is 11.6. The molecule has 1 aromatic rings. The molecule has 0 aliphatic heterocycles. The van der Waals surface area contributed by atoms with Gasteiger partial charge in [-0.1, -0.05) is 0 Å². The Morgan fingerprint density at radius 2 is 2.21 bits per heavy atom. The minimum Gasteiger partial charge on any atom is -1.00 e. The Balaban J connectivity index is 0. The number of hydrogen-bond acceptors (Lipinski definition) is 2. The largest absolute Gasteiger partial charge is 2.00 e. The zero-order valence-corrected chi connectivity index (χ0v) is 11.5. The van der Waals surface area contributed by atoms with E-state index in [0.717, 1.165) is 5.75 Å². The second kappa shape index (κ2) is 9.77. The van der Waals surface area contributed by atoms with E-state index < -0.39 is 0 Å². The molecule has 0 heterocycles. The zero-order chi connectivity index (χ0) is 8.81. The summed E-state index contributed by atoms with van der Waals surface area (Å²) >= 11 is 0. The molecule has 0 aliphatic carbocycles. The van der Waals surface area contributed by atoms with E-state index >= 15 is 0 Å². The third kappa shape index (κ3) is 6.65. The Morgan fingerprint density at radius 3 is 2.71 bits per heavy atom. The van der Waals surface area contributed by atoms with Crippen LogP contribution in [0.25, 0.3) is 0 Å². The molecule has 0 fully saturated rings. The molecular formula is C10H13BrMgO2. The predicted octanol–water partition coefficient (Wildman–Crippen LogP) is -1.48. The van der Waals surface area contributed by atoms with Gasteiger partial charge in [-0.2, -0.15) is 18.2 Å². The average molecular weight is 269 g/mol. The van der Waals surface area contributed by atoms with Crippen molar-refractivity contribution in [2.24, 2.45) is 0 Å². The number of ether oxygens (including phenoxy) is 2. The molecule has 0 amide bonds. The Labute approximate surface area is 112 Å². The molecule has 0 aromatic heterocycles. The van der Waals surface area contributed by atoms with Crippen LogP contribution in [-0.4, -0.2) is 42.9 Å². The zero-order valence-electron chi connectivity index (χ0n) is 8.50. The van der Waals surface area contributed by atoms with Crippen molar-refractivity contribution in [3.63, 3.8) is 0 Å². The molecule has 14 heavy (non-hydrogen) atoms. The molecule has 0 radical (unpaired) electrons. The minimum absolute atomic E-state index is 0. The molecule has 0 N–H and O–H groups in total. The van der Waals surface area contributed by atoms with Crippen LogP contribution in [0.4, 0.5) is 0 Å². The van der Waals surface area contributed by atoms with E-state index in [-0.39, 0.29) is 46.1 Å². The van der Waals surface area contributed by atoms with E-state index in [9.17, 15) is 0 Å². The van der Waals surface area contributed by atoms with Gasteiger partial charge in [0.1, 0.15) is 0 Å². The van der Waals surface area contributed by atoms with Crippen LogP contribution in [-0.2, 0) is 4.74 Å². The molecule has 74 valence electrons. The summed E-state index contributed by atoms with van der Waals surface area (Å²) in [4.78, 5) is 0. The van der Waals surface area contributed by atoms with Crippen molar-refractivity contribution in [2.75, 3.05) is 13.7 Å². The van der Waals surface area contributed by atoms with Gasteiger partial charge in [0.25, 0.3) is 0 Å². The summed E-state index contributed by atoms with van der Waals surface area (Å²) in [5.74, 6) is 0.835. The smallest absolute Gasteiger partial charge is 1.00 e. The first-order valence-corrected chi connectivity index (χ1v) is 3.94. The van der Waals surface area contributed by atoms with Crippen LogP contribution in [0.15, 0.2) is 24.3 Å². The topological polar surface area (TPSA) is 18.5 Å². The fourth-order valence-electron chi connectivity index (χ4n) is 0.748. The van der Waals surface area contributed by atoms with E-state index in [2.05, 4.69) is 6.07 Å². The summed E-state index contributed by atoms with van der Waals surface area (Å²) in [6.07, 6.45) is 0.130. The number of halogens is 1. The maximum atomic E-state index is 5.40. The van der Waals surface area contributed by atoms with Gasteiger partial charge >= 0.3 is 23.1 Å². The van der Waals surface area contributed by atoms with Crippen LogP contribution in [0.5, 0.6) is 5.75 Å². The van der Waals surface area contributed by atoms with Crippen molar-refractivity contribution in [3.05, 3.63) is 30.3 Å². The van der Waals surface area contributed by atoms with Gasteiger partial charge < -0.3 is 26.5 Å². The summed E-state index contributed by atoms with van der Waals surface area (Å²) in [6.45, 7) is 2.54. The molecule has 0 unspecified atom stereocenters. The fourth-order valence-corrected chi connectivity index (χ4v) is 0.748. The van der Waals surface area contributed by atoms with E-state index in [1.165, 1.54) is 0 Å². The van der Waals surface area contributed by atoms with Gasteiger partial charge in [-0.25, -0.2) is 0 Å². The number of benzene rings is 1. The summed E-state index contributed by atoms with van der Waals surface area (Å²) < 4.78 is 10.4. The first-order chi connectivity index (χ1) is 5.83. The normalized spacial score (nSPS) is 10.7. The standard InChI is InChI=1S/C10H13O2.BrH.Mg/c1-9(11-2)8-12-10-6-4-3-5-7-10;;/h3-4,6-7,9H,8H2,1-2H3;1H;/q-1;;+2/p-1/t9-;;/m1../s1. The molecule has 0 saturated heterocycles. The van der Waals surface area contributed by atoms with Crippen molar-refractivity contribution in [1.82, 2.24) is 0 Å². The predicted molar refractivity (Wildman–Crippen MR) is 53.0 cm³/mol. The molecule has 1 aromatic carbocycles. The summed E-state index contributed by atoms with van der Waals surface area (Å²) in [6, 6.07) is 10.4. The number of methoxy groups -OCH3 is 1.